The maximum Gasteiger partial charge on any atom is -0.00199 e. The third-order valence-electron chi connectivity index (χ3n) is 11.4. The summed E-state index contributed by atoms with van der Waals surface area (Å²) in [6.07, 6.45) is 0. The molecule has 0 aliphatic heterocycles. The lowest BCUT2D eigenvalue weighted by Gasteiger charge is -2.20. The molecule has 0 aliphatic rings. The van der Waals surface area contributed by atoms with Gasteiger partial charge in [-0.15, -0.1) is 0 Å². The third kappa shape index (κ3) is 4.85. The summed E-state index contributed by atoms with van der Waals surface area (Å²) < 4.78 is 0. The first-order valence-electron chi connectivity index (χ1n) is 18.8. The van der Waals surface area contributed by atoms with Crippen molar-refractivity contribution in [2.75, 3.05) is 0 Å². The van der Waals surface area contributed by atoms with Crippen LogP contribution < -0.4 is 0 Å². The van der Waals surface area contributed by atoms with Gasteiger partial charge in [0.15, 0.2) is 0 Å². The lowest BCUT2D eigenvalue weighted by molar-refractivity contribution is 1.62. The van der Waals surface area contributed by atoms with Crippen LogP contribution >= 0.6 is 0 Å². The third-order valence-corrected chi connectivity index (χ3v) is 11.4. The van der Waals surface area contributed by atoms with Gasteiger partial charge in [-0.1, -0.05) is 182 Å². The van der Waals surface area contributed by atoms with Crippen LogP contribution in [0.1, 0.15) is 0 Å². The fourth-order valence-electron chi connectivity index (χ4n) is 8.92. The van der Waals surface area contributed by atoms with E-state index in [0.29, 0.717) is 0 Å². The van der Waals surface area contributed by atoms with E-state index < -0.39 is 0 Å². The SMILES string of the molecule is c1cc(-c2ccc3ccc(-c4c5ccccc5c(-c5cc6ccccc6c6ccccc56)c5ccccc45)cc3c2)cc(-c2cccc3ccccc23)c1. The molecular weight excluding hydrogens is 649 g/mol. The lowest BCUT2D eigenvalue weighted by atomic mass is 9.83. The average molecular weight is 683 g/mol. The second-order valence-corrected chi connectivity index (χ2v) is 14.4. The molecule has 0 spiro atoms. The van der Waals surface area contributed by atoms with E-state index in [1.54, 1.807) is 0 Å². The van der Waals surface area contributed by atoms with Gasteiger partial charge < -0.3 is 0 Å². The molecule has 0 fully saturated rings. The van der Waals surface area contributed by atoms with E-state index in [0.717, 1.165) is 0 Å². The molecule has 0 nitrogen and oxygen atoms in total. The number of rotatable bonds is 4. The van der Waals surface area contributed by atoms with Crippen molar-refractivity contribution in [3.63, 3.8) is 0 Å². The molecular formula is C54H34. The van der Waals surface area contributed by atoms with E-state index in [1.165, 1.54) is 109 Å². The monoisotopic (exact) mass is 682 g/mol. The minimum Gasteiger partial charge on any atom is -0.0616 e. The molecule has 11 aromatic rings. The first-order chi connectivity index (χ1) is 26.8. The minimum atomic E-state index is 1.22. The Bertz CT molecular complexity index is 3210. The molecule has 0 saturated heterocycles. The second kappa shape index (κ2) is 12.3. The maximum absolute atomic E-state index is 2.40. The summed E-state index contributed by atoms with van der Waals surface area (Å²) in [5.74, 6) is 0. The van der Waals surface area contributed by atoms with Crippen LogP contribution in [0.15, 0.2) is 206 Å². The molecule has 11 aromatic carbocycles. The van der Waals surface area contributed by atoms with Crippen molar-refractivity contribution in [1.82, 2.24) is 0 Å². The van der Waals surface area contributed by atoms with Gasteiger partial charge in [0.25, 0.3) is 0 Å². The summed E-state index contributed by atoms with van der Waals surface area (Å²) in [4.78, 5) is 0. The Morgan fingerprint density at radius 3 is 1.43 bits per heavy atom. The lowest BCUT2D eigenvalue weighted by Crippen LogP contribution is -1.92. The number of hydrogen-bond acceptors (Lipinski definition) is 0. The Labute approximate surface area is 314 Å². The van der Waals surface area contributed by atoms with Gasteiger partial charge >= 0.3 is 0 Å². The van der Waals surface area contributed by atoms with Crippen LogP contribution in [0.2, 0.25) is 0 Å². The molecule has 0 aromatic heterocycles. The van der Waals surface area contributed by atoms with Gasteiger partial charge in [0, 0.05) is 0 Å². The van der Waals surface area contributed by atoms with Crippen molar-refractivity contribution in [3.05, 3.63) is 206 Å². The molecule has 250 valence electrons. The molecule has 11 rings (SSSR count). The molecule has 0 heterocycles. The summed E-state index contributed by atoms with van der Waals surface area (Å²) in [5, 5.41) is 15.2. The van der Waals surface area contributed by atoms with Crippen molar-refractivity contribution in [2.45, 2.75) is 0 Å². The molecule has 54 heavy (non-hydrogen) atoms. The second-order valence-electron chi connectivity index (χ2n) is 14.4. The fourth-order valence-corrected chi connectivity index (χ4v) is 8.92. The zero-order chi connectivity index (χ0) is 35.6. The molecule has 0 atom stereocenters. The Morgan fingerprint density at radius 2 is 0.685 bits per heavy atom. The largest absolute Gasteiger partial charge is 0.0616 e. The summed E-state index contributed by atoms with van der Waals surface area (Å²) in [6.45, 7) is 0. The predicted octanol–water partition coefficient (Wildman–Crippen LogP) is 15.3. The molecule has 0 unspecified atom stereocenters. The smallest absolute Gasteiger partial charge is 0.00199 e. The average Bonchev–Trinajstić information content (AvgIpc) is 3.25. The van der Waals surface area contributed by atoms with Gasteiger partial charge in [-0.05, 0) is 133 Å². The Kier molecular flexibility index (Phi) is 6.97. The van der Waals surface area contributed by atoms with Crippen LogP contribution in [-0.2, 0) is 0 Å². The van der Waals surface area contributed by atoms with Crippen molar-refractivity contribution in [1.29, 1.82) is 0 Å². The molecule has 0 radical (unpaired) electrons. The highest BCUT2D eigenvalue weighted by Gasteiger charge is 2.19. The molecule has 0 N–H and O–H groups in total. The van der Waals surface area contributed by atoms with E-state index >= 15 is 0 Å². The summed E-state index contributed by atoms with van der Waals surface area (Å²) >= 11 is 0. The van der Waals surface area contributed by atoms with Gasteiger partial charge in [0.1, 0.15) is 0 Å². The molecule has 0 aliphatic carbocycles. The van der Waals surface area contributed by atoms with Crippen molar-refractivity contribution < 1.29 is 0 Å². The molecule has 0 amide bonds. The molecule has 0 heteroatoms. The van der Waals surface area contributed by atoms with Gasteiger partial charge in [0.2, 0.25) is 0 Å². The van der Waals surface area contributed by atoms with Crippen LogP contribution in [0, 0.1) is 0 Å². The van der Waals surface area contributed by atoms with E-state index in [9.17, 15) is 0 Å². The standard InChI is InChI=1S/C54H34/c1-3-18-43-36(13-1)15-12-26-44(43)39-17-11-16-37(31-39)38-29-27-35-28-30-41(33-42(35)32-38)53-48-22-7-9-24-50(48)54(51-25-10-8-23-49(51)53)52-34-40-14-2-4-19-45(40)46-20-5-6-21-47(46)52/h1-34H. The minimum absolute atomic E-state index is 1.22. The fraction of sp³-hybridized carbons (Fsp3) is 0. The number of benzene rings is 11. The van der Waals surface area contributed by atoms with Crippen molar-refractivity contribution in [3.8, 4) is 44.5 Å². The van der Waals surface area contributed by atoms with E-state index in [1.807, 2.05) is 0 Å². The van der Waals surface area contributed by atoms with E-state index in [2.05, 4.69) is 206 Å². The van der Waals surface area contributed by atoms with Gasteiger partial charge in [0.05, 0.1) is 0 Å². The predicted molar refractivity (Wildman–Crippen MR) is 233 cm³/mol. The number of fused-ring (bicyclic) bond motifs is 7. The Morgan fingerprint density at radius 1 is 0.185 bits per heavy atom. The highest BCUT2D eigenvalue weighted by molar-refractivity contribution is 6.26. The van der Waals surface area contributed by atoms with Gasteiger partial charge in [-0.2, -0.15) is 0 Å². The van der Waals surface area contributed by atoms with E-state index in [4.69, 9.17) is 0 Å². The summed E-state index contributed by atoms with van der Waals surface area (Å²) in [5.41, 5.74) is 10.0. The van der Waals surface area contributed by atoms with Crippen molar-refractivity contribution in [2.24, 2.45) is 0 Å². The van der Waals surface area contributed by atoms with Crippen LogP contribution in [0.25, 0.3) is 109 Å². The molecule has 0 bridgehead atoms. The summed E-state index contributed by atoms with van der Waals surface area (Å²) in [6, 6.07) is 76.1. The number of hydrogen-bond donors (Lipinski definition) is 0. The zero-order valence-corrected chi connectivity index (χ0v) is 29.6. The Hall–Kier alpha value is -7.02. The normalized spacial score (nSPS) is 11.7. The first-order valence-corrected chi connectivity index (χ1v) is 18.8. The zero-order valence-electron chi connectivity index (χ0n) is 29.6. The Balaban J connectivity index is 1.10. The highest BCUT2D eigenvalue weighted by Crippen LogP contribution is 2.47. The van der Waals surface area contributed by atoms with Crippen LogP contribution in [0.5, 0.6) is 0 Å². The van der Waals surface area contributed by atoms with Crippen LogP contribution in [0.3, 0.4) is 0 Å². The first kappa shape index (κ1) is 30.6. The van der Waals surface area contributed by atoms with Gasteiger partial charge in [-0.3, -0.25) is 0 Å². The maximum atomic E-state index is 2.40. The van der Waals surface area contributed by atoms with Crippen molar-refractivity contribution >= 4 is 64.6 Å². The van der Waals surface area contributed by atoms with Gasteiger partial charge in [-0.25, -0.2) is 0 Å². The summed E-state index contributed by atoms with van der Waals surface area (Å²) in [7, 11) is 0. The van der Waals surface area contributed by atoms with Crippen LogP contribution in [-0.4, -0.2) is 0 Å². The molecule has 0 saturated carbocycles. The van der Waals surface area contributed by atoms with Crippen LogP contribution in [0.4, 0.5) is 0 Å². The quantitative estimate of drug-likeness (QED) is 0.128. The highest BCUT2D eigenvalue weighted by atomic mass is 14.2. The van der Waals surface area contributed by atoms with E-state index in [-0.39, 0.29) is 0 Å². The topological polar surface area (TPSA) is 0 Å².